The Balaban J connectivity index is 2.33. The zero-order chi connectivity index (χ0) is 13.5. The molecule has 0 aromatic heterocycles. The van der Waals surface area contributed by atoms with Crippen LogP contribution in [0.2, 0.25) is 0 Å². The van der Waals surface area contributed by atoms with E-state index in [1.165, 1.54) is 0 Å². The van der Waals surface area contributed by atoms with Crippen LogP contribution in [-0.4, -0.2) is 67.4 Å². The fraction of sp³-hybridized carbons (Fsp3) is 0.750. The fourth-order valence-electron chi connectivity index (χ4n) is 1.81. The highest BCUT2D eigenvalue weighted by molar-refractivity contribution is 6.29. The molecule has 0 aromatic rings. The number of aliphatic imine (C=N–C) groups is 1. The molecule has 1 heterocycles. The lowest BCUT2D eigenvalue weighted by atomic mass is 10.1. The van der Waals surface area contributed by atoms with Crippen molar-refractivity contribution in [1.82, 2.24) is 9.80 Å². The number of likely N-dealkylation sites (tertiary alicyclic amines) is 1. The molecule has 0 radical (unpaired) electrons. The Morgan fingerprint density at radius 2 is 2.06 bits per heavy atom. The summed E-state index contributed by atoms with van der Waals surface area (Å²) >= 11 is 0. The van der Waals surface area contributed by atoms with Crippen LogP contribution >= 0.6 is 0 Å². The summed E-state index contributed by atoms with van der Waals surface area (Å²) < 4.78 is 0. The van der Waals surface area contributed by atoms with E-state index in [0.29, 0.717) is 12.6 Å². The maximum Gasteiger partial charge on any atom is 0.236 e. The molecule has 6 nitrogen and oxygen atoms in total. The Morgan fingerprint density at radius 1 is 1.44 bits per heavy atom. The van der Waals surface area contributed by atoms with Gasteiger partial charge in [0.25, 0.3) is 0 Å². The van der Waals surface area contributed by atoms with Crippen LogP contribution in [-0.2, 0) is 4.79 Å². The molecule has 1 aliphatic heterocycles. The fourth-order valence-corrected chi connectivity index (χ4v) is 1.81. The van der Waals surface area contributed by atoms with Gasteiger partial charge in [0.2, 0.25) is 5.91 Å². The van der Waals surface area contributed by atoms with Crippen LogP contribution in [0.1, 0.15) is 19.8 Å². The Hall–Kier alpha value is -1.43. The first-order valence-electron chi connectivity index (χ1n) is 6.23. The van der Waals surface area contributed by atoms with Crippen LogP contribution in [0.3, 0.4) is 0 Å². The van der Waals surface area contributed by atoms with E-state index in [1.807, 2.05) is 6.92 Å². The van der Waals surface area contributed by atoms with Gasteiger partial charge in [-0.3, -0.25) is 14.7 Å². The van der Waals surface area contributed by atoms with Crippen LogP contribution < -0.4 is 5.84 Å². The summed E-state index contributed by atoms with van der Waals surface area (Å²) in [6.45, 7) is 4.17. The van der Waals surface area contributed by atoms with Crippen molar-refractivity contribution < 1.29 is 4.79 Å². The minimum atomic E-state index is 0.156. The molecule has 0 aliphatic carbocycles. The molecular weight excluding hydrogens is 230 g/mol. The molecule has 1 aliphatic rings. The summed E-state index contributed by atoms with van der Waals surface area (Å²) in [5, 5.41) is 3.55. The highest BCUT2D eigenvalue weighted by Crippen LogP contribution is 2.13. The van der Waals surface area contributed by atoms with Gasteiger partial charge in [-0.05, 0) is 19.8 Å². The van der Waals surface area contributed by atoms with E-state index in [4.69, 9.17) is 5.84 Å². The molecule has 1 amide bonds. The molecule has 102 valence electrons. The van der Waals surface area contributed by atoms with Gasteiger partial charge in [-0.1, -0.05) is 0 Å². The molecule has 18 heavy (non-hydrogen) atoms. The summed E-state index contributed by atoms with van der Waals surface area (Å²) in [6.07, 6.45) is 3.69. The van der Waals surface area contributed by atoms with Crippen LogP contribution in [0.4, 0.5) is 0 Å². The monoisotopic (exact) mass is 253 g/mol. The Morgan fingerprint density at radius 3 is 2.56 bits per heavy atom. The maximum atomic E-state index is 11.6. The van der Waals surface area contributed by atoms with Gasteiger partial charge < -0.3 is 10.7 Å². The number of rotatable bonds is 4. The lowest BCUT2D eigenvalue weighted by Crippen LogP contribution is -2.42. The molecule has 0 spiro atoms. The topological polar surface area (TPSA) is 74.3 Å². The van der Waals surface area contributed by atoms with Crippen molar-refractivity contribution in [2.75, 3.05) is 33.7 Å². The molecule has 0 atom stereocenters. The Bertz CT molecular complexity index is 329. The second kappa shape index (κ2) is 7.10. The standard InChI is InChI=1S/C12H23N5O/c1-10(15-13)8-14-11-4-6-17(7-5-11)9-12(18)16(2)3/h8,11H,4-7,9,13H2,1-3H3. The molecule has 0 bridgehead atoms. The number of carbonyl (C=O) groups is 1. The number of hydrogen-bond acceptors (Lipinski definition) is 5. The van der Waals surface area contributed by atoms with Gasteiger partial charge in [-0.15, -0.1) is 0 Å². The number of hydrazone groups is 1. The first-order valence-corrected chi connectivity index (χ1v) is 6.23. The summed E-state index contributed by atoms with van der Waals surface area (Å²) in [5.41, 5.74) is 0.736. The molecular formula is C12H23N5O. The van der Waals surface area contributed by atoms with Crippen molar-refractivity contribution in [1.29, 1.82) is 0 Å². The smallest absolute Gasteiger partial charge is 0.236 e. The minimum Gasteiger partial charge on any atom is -0.348 e. The van der Waals surface area contributed by atoms with E-state index in [1.54, 1.807) is 25.2 Å². The average molecular weight is 253 g/mol. The number of likely N-dealkylation sites (N-methyl/N-ethyl adjacent to an activating group) is 1. The number of amides is 1. The number of nitrogens with two attached hydrogens (primary N) is 1. The third-order valence-electron chi connectivity index (χ3n) is 3.09. The van der Waals surface area contributed by atoms with Crippen LogP contribution in [0.15, 0.2) is 10.1 Å². The summed E-state index contributed by atoms with van der Waals surface area (Å²) in [7, 11) is 3.57. The first kappa shape index (κ1) is 14.6. The highest BCUT2D eigenvalue weighted by Gasteiger charge is 2.20. The number of hydrogen-bond donors (Lipinski definition) is 1. The lowest BCUT2D eigenvalue weighted by Gasteiger charge is -2.30. The van der Waals surface area contributed by atoms with E-state index in [-0.39, 0.29) is 5.91 Å². The van der Waals surface area contributed by atoms with Crippen LogP contribution in [0, 0.1) is 0 Å². The molecule has 0 aromatic carbocycles. The van der Waals surface area contributed by atoms with E-state index in [2.05, 4.69) is 15.0 Å². The number of piperidine rings is 1. The zero-order valence-corrected chi connectivity index (χ0v) is 11.5. The molecule has 0 saturated carbocycles. The lowest BCUT2D eigenvalue weighted by molar-refractivity contribution is -0.130. The predicted octanol–water partition coefficient (Wildman–Crippen LogP) is -0.0556. The second-order valence-electron chi connectivity index (χ2n) is 4.84. The normalized spacial score (nSPS) is 19.4. The van der Waals surface area contributed by atoms with Gasteiger partial charge in [0.15, 0.2) is 0 Å². The first-order chi connectivity index (χ1) is 8.52. The van der Waals surface area contributed by atoms with E-state index in [9.17, 15) is 4.79 Å². The van der Waals surface area contributed by atoms with Crippen molar-refractivity contribution in [3.05, 3.63) is 0 Å². The van der Waals surface area contributed by atoms with Crippen LogP contribution in [0.5, 0.6) is 0 Å². The Kier molecular flexibility index (Phi) is 5.77. The minimum absolute atomic E-state index is 0.156. The zero-order valence-electron chi connectivity index (χ0n) is 11.5. The van der Waals surface area contributed by atoms with Crippen molar-refractivity contribution in [3.8, 4) is 0 Å². The van der Waals surface area contributed by atoms with Crippen LogP contribution in [0.25, 0.3) is 0 Å². The van der Waals surface area contributed by atoms with Crippen molar-refractivity contribution in [3.63, 3.8) is 0 Å². The quantitative estimate of drug-likeness (QED) is 0.433. The molecule has 6 heteroatoms. The van der Waals surface area contributed by atoms with Gasteiger partial charge >= 0.3 is 0 Å². The predicted molar refractivity (Wildman–Crippen MR) is 73.9 cm³/mol. The van der Waals surface area contributed by atoms with E-state index < -0.39 is 0 Å². The third kappa shape index (κ3) is 4.83. The Labute approximate surface area is 109 Å². The van der Waals surface area contributed by atoms with Gasteiger partial charge in [0, 0.05) is 33.4 Å². The van der Waals surface area contributed by atoms with E-state index >= 15 is 0 Å². The van der Waals surface area contributed by atoms with Gasteiger partial charge in [0.05, 0.1) is 18.3 Å². The van der Waals surface area contributed by atoms with Crippen molar-refractivity contribution >= 4 is 17.8 Å². The number of nitrogens with zero attached hydrogens (tertiary/aromatic N) is 4. The molecule has 0 unspecified atom stereocenters. The van der Waals surface area contributed by atoms with E-state index in [0.717, 1.165) is 31.6 Å². The van der Waals surface area contributed by atoms with Gasteiger partial charge in [-0.2, -0.15) is 5.10 Å². The third-order valence-corrected chi connectivity index (χ3v) is 3.09. The summed E-state index contributed by atoms with van der Waals surface area (Å²) in [4.78, 5) is 19.8. The van der Waals surface area contributed by atoms with Gasteiger partial charge in [0.1, 0.15) is 0 Å². The summed E-state index contributed by atoms with van der Waals surface area (Å²) in [5.74, 6) is 5.29. The second-order valence-corrected chi connectivity index (χ2v) is 4.84. The average Bonchev–Trinajstić information content (AvgIpc) is 2.37. The maximum absolute atomic E-state index is 11.6. The summed E-state index contributed by atoms with van der Waals surface area (Å²) in [6, 6.07) is 0.326. The molecule has 1 fully saturated rings. The SMILES string of the molecule is CC(C=NC1CCN(CC(=O)N(C)C)CC1)=NN. The molecule has 1 saturated heterocycles. The highest BCUT2D eigenvalue weighted by atomic mass is 16.2. The van der Waals surface area contributed by atoms with Gasteiger partial charge in [-0.25, -0.2) is 0 Å². The molecule has 1 rings (SSSR count). The van der Waals surface area contributed by atoms with Crippen molar-refractivity contribution in [2.24, 2.45) is 15.9 Å². The molecule has 2 N–H and O–H groups in total. The largest absolute Gasteiger partial charge is 0.348 e. The van der Waals surface area contributed by atoms with Crippen molar-refractivity contribution in [2.45, 2.75) is 25.8 Å². The number of carbonyl (C=O) groups excluding carboxylic acids is 1.